The summed E-state index contributed by atoms with van der Waals surface area (Å²) in [5.74, 6) is -0.0350. The van der Waals surface area contributed by atoms with Gasteiger partial charge in [-0.2, -0.15) is 0 Å². The van der Waals surface area contributed by atoms with Gasteiger partial charge in [-0.15, -0.1) is 0 Å². The standard InChI is InChI=1S/C24H25ClN2OS/c1-17-11-13-21(14-12-17)29-27(23-10-6-9-22(25)19(23)3)16-24(28)26-15-20-8-5-4-7-18(20)2/h4-14H,15-16H2,1-3H3,(H,26,28). The van der Waals surface area contributed by atoms with Gasteiger partial charge in [0.15, 0.2) is 0 Å². The molecule has 1 amide bonds. The van der Waals surface area contributed by atoms with E-state index in [1.807, 2.05) is 47.6 Å². The number of benzene rings is 3. The van der Waals surface area contributed by atoms with Crippen molar-refractivity contribution in [2.75, 3.05) is 10.8 Å². The van der Waals surface area contributed by atoms with Crippen molar-refractivity contribution in [3.63, 3.8) is 0 Å². The molecule has 0 aliphatic carbocycles. The third-order valence-electron chi connectivity index (χ3n) is 4.77. The molecule has 0 saturated heterocycles. The number of nitrogens with zero attached hydrogens (tertiary/aromatic N) is 1. The fourth-order valence-electron chi connectivity index (χ4n) is 2.95. The maximum atomic E-state index is 12.8. The normalized spacial score (nSPS) is 10.6. The third-order valence-corrected chi connectivity index (χ3v) is 6.21. The summed E-state index contributed by atoms with van der Waals surface area (Å²) in [6.45, 7) is 6.84. The summed E-state index contributed by atoms with van der Waals surface area (Å²) < 4.78 is 2.00. The Morgan fingerprint density at radius 2 is 1.69 bits per heavy atom. The van der Waals surface area contributed by atoms with E-state index in [1.165, 1.54) is 11.1 Å². The number of halogens is 1. The van der Waals surface area contributed by atoms with Crippen LogP contribution < -0.4 is 9.62 Å². The van der Waals surface area contributed by atoms with Gasteiger partial charge >= 0.3 is 0 Å². The first-order chi connectivity index (χ1) is 13.9. The first-order valence-electron chi connectivity index (χ1n) is 9.52. The van der Waals surface area contributed by atoms with E-state index < -0.39 is 0 Å². The van der Waals surface area contributed by atoms with Gasteiger partial charge in [-0.1, -0.05) is 59.6 Å². The quantitative estimate of drug-likeness (QED) is 0.465. The smallest absolute Gasteiger partial charge is 0.240 e. The zero-order chi connectivity index (χ0) is 20.8. The van der Waals surface area contributed by atoms with Gasteiger partial charge in [0, 0.05) is 16.5 Å². The van der Waals surface area contributed by atoms with Crippen LogP contribution in [0.15, 0.2) is 71.6 Å². The van der Waals surface area contributed by atoms with Crippen molar-refractivity contribution in [1.29, 1.82) is 0 Å². The summed E-state index contributed by atoms with van der Waals surface area (Å²) in [6, 6.07) is 22.1. The topological polar surface area (TPSA) is 32.3 Å². The second-order valence-electron chi connectivity index (χ2n) is 7.03. The van der Waals surface area contributed by atoms with Crippen LogP contribution in [0.5, 0.6) is 0 Å². The van der Waals surface area contributed by atoms with Crippen molar-refractivity contribution in [3.05, 3.63) is 94.0 Å². The lowest BCUT2D eigenvalue weighted by molar-refractivity contribution is -0.119. The number of hydrogen-bond donors (Lipinski definition) is 1. The molecule has 5 heteroatoms. The van der Waals surface area contributed by atoms with Crippen molar-refractivity contribution >= 4 is 35.1 Å². The van der Waals surface area contributed by atoms with Gasteiger partial charge in [0.05, 0.1) is 5.69 Å². The van der Waals surface area contributed by atoms with E-state index in [4.69, 9.17) is 11.6 Å². The Labute approximate surface area is 182 Å². The van der Waals surface area contributed by atoms with Crippen LogP contribution in [0.4, 0.5) is 5.69 Å². The lowest BCUT2D eigenvalue weighted by Gasteiger charge is -2.25. The van der Waals surface area contributed by atoms with Gasteiger partial charge < -0.3 is 9.62 Å². The van der Waals surface area contributed by atoms with Crippen LogP contribution >= 0.6 is 23.5 Å². The Morgan fingerprint density at radius 3 is 2.41 bits per heavy atom. The average Bonchev–Trinajstić information content (AvgIpc) is 2.71. The Bertz CT molecular complexity index is 988. The number of anilines is 1. The number of rotatable bonds is 7. The third kappa shape index (κ3) is 5.78. The molecule has 0 heterocycles. The van der Waals surface area contributed by atoms with Crippen molar-refractivity contribution in [2.24, 2.45) is 0 Å². The Balaban J connectivity index is 1.77. The van der Waals surface area contributed by atoms with E-state index >= 15 is 0 Å². The zero-order valence-corrected chi connectivity index (χ0v) is 18.5. The lowest BCUT2D eigenvalue weighted by atomic mass is 10.1. The lowest BCUT2D eigenvalue weighted by Crippen LogP contribution is -2.34. The monoisotopic (exact) mass is 424 g/mol. The van der Waals surface area contributed by atoms with Crippen LogP contribution in [-0.4, -0.2) is 12.5 Å². The number of aryl methyl sites for hydroxylation is 2. The molecule has 0 spiro atoms. The van der Waals surface area contributed by atoms with Crippen molar-refractivity contribution in [2.45, 2.75) is 32.2 Å². The first-order valence-corrected chi connectivity index (χ1v) is 10.7. The van der Waals surface area contributed by atoms with Gasteiger partial charge in [-0.25, -0.2) is 0 Å². The predicted octanol–water partition coefficient (Wildman–Crippen LogP) is 6.10. The molecule has 0 bridgehead atoms. The fraction of sp³-hybridized carbons (Fsp3) is 0.208. The molecular formula is C24H25ClN2OS. The predicted molar refractivity (Wildman–Crippen MR) is 124 cm³/mol. The van der Waals surface area contributed by atoms with Crippen molar-refractivity contribution in [3.8, 4) is 0 Å². The van der Waals surface area contributed by atoms with E-state index in [0.717, 1.165) is 21.7 Å². The van der Waals surface area contributed by atoms with Crippen molar-refractivity contribution < 1.29 is 4.79 Å². The summed E-state index contributed by atoms with van der Waals surface area (Å²) in [4.78, 5) is 13.8. The molecule has 0 radical (unpaired) electrons. The second kappa shape index (κ2) is 9.86. The molecule has 3 nitrogen and oxygen atoms in total. The Morgan fingerprint density at radius 1 is 0.966 bits per heavy atom. The molecule has 3 aromatic rings. The van der Waals surface area contributed by atoms with E-state index in [0.29, 0.717) is 11.6 Å². The summed E-state index contributed by atoms with van der Waals surface area (Å²) in [7, 11) is 0. The molecule has 1 N–H and O–H groups in total. The molecule has 0 atom stereocenters. The van der Waals surface area contributed by atoms with Gasteiger partial charge in [-0.3, -0.25) is 4.79 Å². The molecule has 0 aromatic heterocycles. The van der Waals surface area contributed by atoms with Crippen LogP contribution in [0.1, 0.15) is 22.3 Å². The highest BCUT2D eigenvalue weighted by Crippen LogP contribution is 2.34. The van der Waals surface area contributed by atoms with E-state index in [1.54, 1.807) is 11.9 Å². The molecule has 29 heavy (non-hydrogen) atoms. The van der Waals surface area contributed by atoms with Crippen LogP contribution in [0.2, 0.25) is 5.02 Å². The molecule has 0 saturated carbocycles. The minimum absolute atomic E-state index is 0.0350. The van der Waals surface area contributed by atoms with Gasteiger partial charge in [0.2, 0.25) is 5.91 Å². The molecule has 0 unspecified atom stereocenters. The highest BCUT2D eigenvalue weighted by Gasteiger charge is 2.17. The molecule has 3 rings (SSSR count). The molecular weight excluding hydrogens is 400 g/mol. The van der Waals surface area contributed by atoms with Crippen LogP contribution in [0, 0.1) is 20.8 Å². The summed E-state index contributed by atoms with van der Waals surface area (Å²) >= 11 is 7.88. The van der Waals surface area contributed by atoms with E-state index in [-0.39, 0.29) is 12.5 Å². The summed E-state index contributed by atoms with van der Waals surface area (Å²) in [5.41, 5.74) is 5.40. The van der Waals surface area contributed by atoms with Crippen molar-refractivity contribution in [1.82, 2.24) is 5.32 Å². The SMILES string of the molecule is Cc1ccc(SN(CC(=O)NCc2ccccc2C)c2cccc(Cl)c2C)cc1. The Hall–Kier alpha value is -2.43. The average molecular weight is 425 g/mol. The number of amides is 1. The van der Waals surface area contributed by atoms with Crippen LogP contribution in [-0.2, 0) is 11.3 Å². The Kier molecular flexibility index (Phi) is 7.24. The first kappa shape index (κ1) is 21.3. The maximum Gasteiger partial charge on any atom is 0.240 e. The largest absolute Gasteiger partial charge is 0.350 e. The molecule has 0 aliphatic heterocycles. The van der Waals surface area contributed by atoms with E-state index in [9.17, 15) is 4.79 Å². The number of hydrogen-bond acceptors (Lipinski definition) is 3. The second-order valence-corrected chi connectivity index (χ2v) is 8.53. The minimum atomic E-state index is -0.0350. The van der Waals surface area contributed by atoms with Gasteiger partial charge in [0.25, 0.3) is 0 Å². The molecule has 0 fully saturated rings. The highest BCUT2D eigenvalue weighted by atomic mass is 35.5. The molecule has 3 aromatic carbocycles. The summed E-state index contributed by atoms with van der Waals surface area (Å²) in [6.07, 6.45) is 0. The summed E-state index contributed by atoms with van der Waals surface area (Å²) in [5, 5.41) is 3.73. The molecule has 0 aliphatic rings. The van der Waals surface area contributed by atoms with E-state index in [2.05, 4.69) is 49.5 Å². The number of carbonyl (C=O) groups is 1. The van der Waals surface area contributed by atoms with Crippen LogP contribution in [0.25, 0.3) is 0 Å². The highest BCUT2D eigenvalue weighted by molar-refractivity contribution is 8.00. The maximum absolute atomic E-state index is 12.8. The van der Waals surface area contributed by atoms with Crippen LogP contribution in [0.3, 0.4) is 0 Å². The number of carbonyl (C=O) groups excluding carboxylic acids is 1. The fourth-order valence-corrected chi connectivity index (χ4v) is 4.11. The van der Waals surface area contributed by atoms with Gasteiger partial charge in [0.1, 0.15) is 6.54 Å². The minimum Gasteiger partial charge on any atom is -0.350 e. The number of nitrogens with one attached hydrogen (secondary N) is 1. The zero-order valence-electron chi connectivity index (χ0n) is 16.9. The molecule has 150 valence electrons. The van der Waals surface area contributed by atoms with Gasteiger partial charge in [-0.05, 0) is 73.7 Å².